The zero-order valence-corrected chi connectivity index (χ0v) is 13.7. The van der Waals surface area contributed by atoms with Crippen LogP contribution in [-0.4, -0.2) is 41.6 Å². The van der Waals surface area contributed by atoms with E-state index >= 15 is 0 Å². The number of amides is 1. The number of nitrogens with one attached hydrogen (secondary N) is 1. The Morgan fingerprint density at radius 1 is 1.35 bits per heavy atom. The van der Waals surface area contributed by atoms with E-state index in [1.807, 2.05) is 56.3 Å². The van der Waals surface area contributed by atoms with Gasteiger partial charge in [0.1, 0.15) is 6.04 Å². The molecule has 1 atom stereocenters. The van der Waals surface area contributed by atoms with Crippen molar-refractivity contribution in [1.82, 2.24) is 20.4 Å². The van der Waals surface area contributed by atoms with Crippen LogP contribution in [0.15, 0.2) is 47.0 Å². The average molecular weight is 314 g/mol. The van der Waals surface area contributed by atoms with Crippen molar-refractivity contribution < 1.29 is 9.32 Å². The van der Waals surface area contributed by atoms with Gasteiger partial charge >= 0.3 is 0 Å². The molecule has 1 amide bonds. The molecule has 1 aromatic carbocycles. The van der Waals surface area contributed by atoms with E-state index in [0.29, 0.717) is 24.7 Å². The van der Waals surface area contributed by atoms with Gasteiger partial charge in [-0.1, -0.05) is 41.6 Å². The van der Waals surface area contributed by atoms with Crippen LogP contribution in [0.3, 0.4) is 0 Å². The molecule has 23 heavy (non-hydrogen) atoms. The maximum Gasteiger partial charge on any atom is 0.248 e. The van der Waals surface area contributed by atoms with E-state index in [-0.39, 0.29) is 11.9 Å². The van der Waals surface area contributed by atoms with E-state index in [2.05, 4.69) is 15.5 Å². The van der Waals surface area contributed by atoms with Crippen LogP contribution in [0, 0.1) is 0 Å². The molecule has 0 radical (unpaired) electrons. The Kier molecular flexibility index (Phi) is 6.05. The third-order valence-electron chi connectivity index (χ3n) is 3.16. The van der Waals surface area contributed by atoms with Crippen LogP contribution in [0.5, 0.6) is 0 Å². The van der Waals surface area contributed by atoms with E-state index in [4.69, 9.17) is 4.52 Å². The van der Waals surface area contributed by atoms with Crippen LogP contribution < -0.4 is 5.32 Å². The number of likely N-dealkylation sites (N-methyl/N-ethyl adjacent to an activating group) is 1. The van der Waals surface area contributed by atoms with Gasteiger partial charge in [0.05, 0.1) is 0 Å². The molecule has 1 heterocycles. The third kappa shape index (κ3) is 5.67. The number of aromatic nitrogens is 2. The van der Waals surface area contributed by atoms with Crippen molar-refractivity contribution in [2.45, 2.75) is 19.4 Å². The minimum atomic E-state index is -0.330. The molecule has 122 valence electrons. The molecule has 2 aromatic rings. The second-order valence-corrected chi connectivity index (χ2v) is 5.61. The van der Waals surface area contributed by atoms with Gasteiger partial charge in [0.2, 0.25) is 11.8 Å². The molecule has 0 aliphatic rings. The fourth-order valence-corrected chi connectivity index (χ4v) is 1.99. The van der Waals surface area contributed by atoms with Gasteiger partial charge in [-0.25, -0.2) is 0 Å². The summed E-state index contributed by atoms with van der Waals surface area (Å²) in [5.41, 5.74) is 1.11. The smallest absolute Gasteiger partial charge is 0.248 e. The molecule has 6 nitrogen and oxygen atoms in total. The molecule has 0 aliphatic heterocycles. The van der Waals surface area contributed by atoms with Crippen LogP contribution in [0.4, 0.5) is 0 Å². The summed E-state index contributed by atoms with van der Waals surface area (Å²) >= 11 is 0. The molecule has 0 bridgehead atoms. The van der Waals surface area contributed by atoms with Crippen LogP contribution in [-0.2, 0) is 11.2 Å². The number of benzene rings is 1. The topological polar surface area (TPSA) is 71.3 Å². The van der Waals surface area contributed by atoms with E-state index in [0.717, 1.165) is 5.56 Å². The molecule has 1 N–H and O–H groups in total. The Bertz CT molecular complexity index is 650. The molecular formula is C17H22N4O2. The lowest BCUT2D eigenvalue weighted by Crippen LogP contribution is -2.25. The molecular weight excluding hydrogens is 292 g/mol. The van der Waals surface area contributed by atoms with E-state index in [1.165, 1.54) is 6.08 Å². The Morgan fingerprint density at radius 2 is 2.09 bits per heavy atom. The number of carbonyl (C=O) groups excluding carboxylic acids is 1. The van der Waals surface area contributed by atoms with E-state index < -0.39 is 0 Å². The SMILES string of the molecule is CC(NC(=O)/C=C/CN(C)C)c1nc(Cc2ccccc2)no1. The largest absolute Gasteiger partial charge is 0.341 e. The zero-order chi connectivity index (χ0) is 16.7. The van der Waals surface area contributed by atoms with Gasteiger partial charge in [-0.2, -0.15) is 4.98 Å². The Balaban J connectivity index is 1.89. The monoisotopic (exact) mass is 314 g/mol. The first-order valence-corrected chi connectivity index (χ1v) is 7.53. The molecule has 0 spiro atoms. The van der Waals surface area contributed by atoms with Gasteiger partial charge in [-0.3, -0.25) is 4.79 Å². The highest BCUT2D eigenvalue weighted by atomic mass is 16.5. The minimum Gasteiger partial charge on any atom is -0.341 e. The maximum atomic E-state index is 11.8. The number of nitrogens with zero attached hydrogens (tertiary/aromatic N) is 3. The quantitative estimate of drug-likeness (QED) is 0.791. The van der Waals surface area contributed by atoms with Crippen molar-refractivity contribution in [3.05, 3.63) is 59.8 Å². The van der Waals surface area contributed by atoms with Gasteiger partial charge in [0.15, 0.2) is 5.82 Å². The summed E-state index contributed by atoms with van der Waals surface area (Å²) in [5.74, 6) is 0.836. The Hall–Kier alpha value is -2.47. The van der Waals surface area contributed by atoms with Crippen LogP contribution in [0.1, 0.15) is 30.2 Å². The highest BCUT2D eigenvalue weighted by Crippen LogP contribution is 2.12. The van der Waals surface area contributed by atoms with Crippen LogP contribution >= 0.6 is 0 Å². The molecule has 1 aromatic heterocycles. The number of hydrogen-bond donors (Lipinski definition) is 1. The lowest BCUT2D eigenvalue weighted by molar-refractivity contribution is -0.117. The van der Waals surface area contributed by atoms with Gasteiger partial charge in [-0.15, -0.1) is 0 Å². The second kappa shape index (κ2) is 8.24. The second-order valence-electron chi connectivity index (χ2n) is 5.61. The van der Waals surface area contributed by atoms with Crippen molar-refractivity contribution in [2.24, 2.45) is 0 Å². The first-order chi connectivity index (χ1) is 11.0. The number of hydrogen-bond acceptors (Lipinski definition) is 5. The lowest BCUT2D eigenvalue weighted by Gasteiger charge is -2.07. The highest BCUT2D eigenvalue weighted by Gasteiger charge is 2.15. The summed E-state index contributed by atoms with van der Waals surface area (Å²) in [6.45, 7) is 2.53. The lowest BCUT2D eigenvalue weighted by atomic mass is 10.1. The molecule has 0 saturated heterocycles. The summed E-state index contributed by atoms with van der Waals surface area (Å²) in [5, 5.41) is 6.77. The van der Waals surface area contributed by atoms with E-state index in [1.54, 1.807) is 6.08 Å². The molecule has 0 fully saturated rings. The molecule has 6 heteroatoms. The normalized spacial score (nSPS) is 12.7. The van der Waals surface area contributed by atoms with Gasteiger partial charge in [-0.05, 0) is 26.6 Å². The van der Waals surface area contributed by atoms with Crippen molar-refractivity contribution in [2.75, 3.05) is 20.6 Å². The standard InChI is InChI=1S/C17H22N4O2/c1-13(18-16(22)10-7-11-21(2)3)17-19-15(20-23-17)12-14-8-5-4-6-9-14/h4-10,13H,11-12H2,1-3H3,(H,18,22)/b10-7+. The minimum absolute atomic E-state index is 0.179. The summed E-state index contributed by atoms with van der Waals surface area (Å²) in [7, 11) is 3.88. The first-order valence-electron chi connectivity index (χ1n) is 7.53. The molecule has 0 aliphatic carbocycles. The summed E-state index contributed by atoms with van der Waals surface area (Å²) in [6.07, 6.45) is 3.92. The van der Waals surface area contributed by atoms with Crippen molar-refractivity contribution >= 4 is 5.91 Å². The number of carbonyl (C=O) groups is 1. The summed E-state index contributed by atoms with van der Waals surface area (Å²) in [4.78, 5) is 18.1. The van der Waals surface area contributed by atoms with Gasteiger partial charge in [0, 0.05) is 19.0 Å². The maximum absolute atomic E-state index is 11.8. The van der Waals surface area contributed by atoms with Gasteiger partial charge < -0.3 is 14.7 Å². The van der Waals surface area contributed by atoms with Crippen LogP contribution in [0.25, 0.3) is 0 Å². The zero-order valence-electron chi connectivity index (χ0n) is 13.7. The van der Waals surface area contributed by atoms with Gasteiger partial charge in [0.25, 0.3) is 0 Å². The Labute approximate surface area is 136 Å². The van der Waals surface area contributed by atoms with E-state index in [9.17, 15) is 4.79 Å². The average Bonchev–Trinajstić information content (AvgIpc) is 2.96. The first kappa shape index (κ1) is 16.9. The van der Waals surface area contributed by atoms with Crippen molar-refractivity contribution in [3.8, 4) is 0 Å². The third-order valence-corrected chi connectivity index (χ3v) is 3.16. The fourth-order valence-electron chi connectivity index (χ4n) is 1.99. The van der Waals surface area contributed by atoms with Crippen LogP contribution in [0.2, 0.25) is 0 Å². The highest BCUT2D eigenvalue weighted by molar-refractivity contribution is 5.87. The molecule has 2 rings (SSSR count). The molecule has 0 saturated carbocycles. The predicted octanol–water partition coefficient (Wildman–Crippen LogP) is 1.96. The molecule has 1 unspecified atom stereocenters. The Morgan fingerprint density at radius 3 is 2.78 bits per heavy atom. The number of rotatable bonds is 7. The van der Waals surface area contributed by atoms with Crippen molar-refractivity contribution in [1.29, 1.82) is 0 Å². The fraction of sp³-hybridized carbons (Fsp3) is 0.353. The predicted molar refractivity (Wildman–Crippen MR) is 87.8 cm³/mol. The summed E-state index contributed by atoms with van der Waals surface area (Å²) in [6, 6.07) is 9.60. The van der Waals surface area contributed by atoms with Crippen molar-refractivity contribution in [3.63, 3.8) is 0 Å². The summed E-state index contributed by atoms with van der Waals surface area (Å²) < 4.78 is 5.23.